The molecule has 1 amide bonds. The molecule has 0 N–H and O–H groups in total. The van der Waals surface area contributed by atoms with E-state index in [2.05, 4.69) is 33.7 Å². The molecule has 2 aromatic heterocycles. The molecule has 170 valence electrons. The molecule has 5 rings (SSSR count). The predicted molar refractivity (Wildman–Crippen MR) is 130 cm³/mol. The first kappa shape index (κ1) is 21.6. The largest absolute Gasteiger partial charge is 0.493 e. The van der Waals surface area contributed by atoms with E-state index < -0.39 is 0 Å². The highest BCUT2D eigenvalue weighted by molar-refractivity contribution is 5.89. The number of benzene rings is 2. The number of aromatic nitrogens is 3. The van der Waals surface area contributed by atoms with Crippen molar-refractivity contribution < 1.29 is 14.3 Å². The maximum absolute atomic E-state index is 12.1. The molecule has 4 aromatic rings. The number of amides is 1. The minimum atomic E-state index is -0.0363. The summed E-state index contributed by atoms with van der Waals surface area (Å²) in [6.45, 7) is 4.97. The molecule has 0 aliphatic carbocycles. The molecule has 0 saturated carbocycles. The Kier molecular flexibility index (Phi) is 5.91. The number of carbonyl (C=O) groups excluding carboxylic acids is 1. The van der Waals surface area contributed by atoms with Crippen LogP contribution in [0.15, 0.2) is 79.9 Å². The summed E-state index contributed by atoms with van der Waals surface area (Å²) in [5, 5.41) is 0.955. The molecule has 0 radical (unpaired) electrons. The lowest BCUT2D eigenvalue weighted by atomic mass is 9.91. The number of likely N-dealkylation sites (tertiary alicyclic amines) is 1. The van der Waals surface area contributed by atoms with Crippen LogP contribution in [0, 0.1) is 0 Å². The van der Waals surface area contributed by atoms with Crippen molar-refractivity contribution in [1.29, 1.82) is 0 Å². The Morgan fingerprint density at radius 1 is 1.12 bits per heavy atom. The van der Waals surface area contributed by atoms with Crippen LogP contribution in [0.25, 0.3) is 22.0 Å². The van der Waals surface area contributed by atoms with E-state index in [4.69, 9.17) is 9.47 Å². The molecular weight excluding hydrogens is 428 g/mol. The lowest BCUT2D eigenvalue weighted by Gasteiger charge is -2.17. The molecule has 7 nitrogen and oxygen atoms in total. The fourth-order valence-corrected chi connectivity index (χ4v) is 4.41. The van der Waals surface area contributed by atoms with Gasteiger partial charge in [0.25, 0.3) is 0 Å². The summed E-state index contributed by atoms with van der Waals surface area (Å²) in [5.74, 6) is 1.85. The van der Waals surface area contributed by atoms with E-state index in [0.717, 1.165) is 34.0 Å². The van der Waals surface area contributed by atoms with Crippen molar-refractivity contribution in [3.8, 4) is 28.5 Å². The lowest BCUT2D eigenvalue weighted by Crippen LogP contribution is -2.26. The highest BCUT2D eigenvalue weighted by Crippen LogP contribution is 2.38. The number of pyridine rings is 1. The molecular formula is C27H24N4O3. The van der Waals surface area contributed by atoms with Crippen LogP contribution in [0.4, 0.5) is 0 Å². The van der Waals surface area contributed by atoms with E-state index in [1.165, 1.54) is 6.08 Å². The van der Waals surface area contributed by atoms with Crippen LogP contribution in [-0.4, -0.2) is 46.0 Å². The Morgan fingerprint density at radius 2 is 2.03 bits per heavy atom. The van der Waals surface area contributed by atoms with Crippen LogP contribution < -0.4 is 9.47 Å². The Hall–Kier alpha value is -4.26. The molecule has 1 atom stereocenters. The summed E-state index contributed by atoms with van der Waals surface area (Å²) in [4.78, 5) is 27.0. The van der Waals surface area contributed by atoms with E-state index >= 15 is 0 Å². The summed E-state index contributed by atoms with van der Waals surface area (Å²) in [6, 6.07) is 15.6. The summed E-state index contributed by atoms with van der Waals surface area (Å²) in [6.07, 6.45) is 7.33. The number of hydrogen-bond acceptors (Lipinski definition) is 6. The van der Waals surface area contributed by atoms with Crippen LogP contribution in [0.1, 0.15) is 17.9 Å². The standard InChI is InChI=1S/C27H24N4O3/c1-3-26(32)31-11-9-19(16-31)22-13-20(12-21-15-28-17-30-27(21)22)18-7-8-23(24(14-18)33-2)34-25-6-4-5-10-29-25/h3-8,10,12-15,17,19H,1,9,11,16H2,2H3. The van der Waals surface area contributed by atoms with Gasteiger partial charge in [-0.3, -0.25) is 4.79 Å². The minimum Gasteiger partial charge on any atom is -0.493 e. The predicted octanol–water partition coefficient (Wildman–Crippen LogP) is 4.99. The molecule has 1 saturated heterocycles. The third-order valence-electron chi connectivity index (χ3n) is 6.10. The van der Waals surface area contributed by atoms with Gasteiger partial charge in [-0.1, -0.05) is 18.7 Å². The van der Waals surface area contributed by atoms with Crippen molar-refractivity contribution >= 4 is 16.8 Å². The van der Waals surface area contributed by atoms with Crippen molar-refractivity contribution in [3.05, 3.63) is 85.5 Å². The molecule has 34 heavy (non-hydrogen) atoms. The van der Waals surface area contributed by atoms with E-state index in [1.807, 2.05) is 41.4 Å². The van der Waals surface area contributed by atoms with Gasteiger partial charge in [0.05, 0.1) is 12.6 Å². The van der Waals surface area contributed by atoms with Gasteiger partial charge in [-0.25, -0.2) is 15.0 Å². The van der Waals surface area contributed by atoms with Gasteiger partial charge in [0, 0.05) is 42.9 Å². The van der Waals surface area contributed by atoms with Crippen molar-refractivity contribution in [1.82, 2.24) is 19.9 Å². The lowest BCUT2D eigenvalue weighted by molar-refractivity contribution is -0.125. The number of carbonyl (C=O) groups is 1. The number of nitrogens with zero attached hydrogens (tertiary/aromatic N) is 4. The first-order chi connectivity index (χ1) is 16.7. The smallest absolute Gasteiger partial charge is 0.245 e. The van der Waals surface area contributed by atoms with E-state index in [9.17, 15) is 4.79 Å². The highest BCUT2D eigenvalue weighted by atomic mass is 16.5. The van der Waals surface area contributed by atoms with Gasteiger partial charge in [-0.2, -0.15) is 0 Å². The zero-order chi connectivity index (χ0) is 23.5. The number of hydrogen-bond donors (Lipinski definition) is 0. The summed E-state index contributed by atoms with van der Waals surface area (Å²) in [7, 11) is 1.62. The van der Waals surface area contributed by atoms with Gasteiger partial charge < -0.3 is 14.4 Å². The van der Waals surface area contributed by atoms with Crippen LogP contribution in [0.5, 0.6) is 17.4 Å². The van der Waals surface area contributed by atoms with Crippen molar-refractivity contribution in [3.63, 3.8) is 0 Å². The van der Waals surface area contributed by atoms with Gasteiger partial charge in [-0.05, 0) is 59.5 Å². The molecule has 3 heterocycles. The van der Waals surface area contributed by atoms with Gasteiger partial charge in [0.15, 0.2) is 11.5 Å². The zero-order valence-corrected chi connectivity index (χ0v) is 18.8. The Balaban J connectivity index is 1.53. The number of methoxy groups -OCH3 is 1. The SMILES string of the molecule is C=CC(=O)N1CCC(c2cc(-c3ccc(Oc4ccccn4)c(OC)c3)cc3cncnc23)C1. The van der Waals surface area contributed by atoms with Crippen LogP contribution >= 0.6 is 0 Å². The van der Waals surface area contributed by atoms with Gasteiger partial charge in [-0.15, -0.1) is 0 Å². The van der Waals surface area contributed by atoms with E-state index in [1.54, 1.807) is 25.7 Å². The first-order valence-corrected chi connectivity index (χ1v) is 11.1. The van der Waals surface area contributed by atoms with Gasteiger partial charge in [0.2, 0.25) is 11.8 Å². The minimum absolute atomic E-state index is 0.0363. The van der Waals surface area contributed by atoms with Crippen molar-refractivity contribution in [2.24, 2.45) is 0 Å². The quantitative estimate of drug-likeness (QED) is 0.384. The second kappa shape index (κ2) is 9.31. The van der Waals surface area contributed by atoms with Crippen molar-refractivity contribution in [2.45, 2.75) is 12.3 Å². The monoisotopic (exact) mass is 452 g/mol. The Bertz CT molecular complexity index is 1360. The van der Waals surface area contributed by atoms with Crippen LogP contribution in [0.3, 0.4) is 0 Å². The third kappa shape index (κ3) is 4.20. The summed E-state index contributed by atoms with van der Waals surface area (Å²) >= 11 is 0. The van der Waals surface area contributed by atoms with E-state index in [-0.39, 0.29) is 11.8 Å². The maximum atomic E-state index is 12.1. The Morgan fingerprint density at radius 3 is 2.82 bits per heavy atom. The number of rotatable bonds is 6. The molecule has 1 fully saturated rings. The van der Waals surface area contributed by atoms with Crippen LogP contribution in [-0.2, 0) is 4.79 Å². The first-order valence-electron chi connectivity index (χ1n) is 11.1. The molecule has 1 aliphatic rings. The molecule has 0 bridgehead atoms. The topological polar surface area (TPSA) is 77.4 Å². The van der Waals surface area contributed by atoms with Gasteiger partial charge >= 0.3 is 0 Å². The summed E-state index contributed by atoms with van der Waals surface area (Å²) < 4.78 is 11.5. The average molecular weight is 453 g/mol. The molecule has 1 unspecified atom stereocenters. The summed E-state index contributed by atoms with van der Waals surface area (Å²) in [5.41, 5.74) is 4.03. The van der Waals surface area contributed by atoms with Crippen molar-refractivity contribution in [2.75, 3.05) is 20.2 Å². The third-order valence-corrected chi connectivity index (χ3v) is 6.10. The molecule has 1 aliphatic heterocycles. The Labute approximate surface area is 197 Å². The fraction of sp³-hybridized carbons (Fsp3) is 0.185. The molecule has 0 spiro atoms. The second-order valence-electron chi connectivity index (χ2n) is 8.14. The normalized spacial score (nSPS) is 15.3. The van der Waals surface area contributed by atoms with Gasteiger partial charge in [0.1, 0.15) is 6.33 Å². The molecule has 7 heteroatoms. The maximum Gasteiger partial charge on any atom is 0.245 e. The number of ether oxygens (including phenoxy) is 2. The average Bonchev–Trinajstić information content (AvgIpc) is 3.38. The van der Waals surface area contributed by atoms with E-state index in [0.29, 0.717) is 30.5 Å². The highest BCUT2D eigenvalue weighted by Gasteiger charge is 2.28. The number of fused-ring (bicyclic) bond motifs is 1. The zero-order valence-electron chi connectivity index (χ0n) is 18.8. The molecule has 2 aromatic carbocycles. The van der Waals surface area contributed by atoms with Crippen LogP contribution in [0.2, 0.25) is 0 Å². The fourth-order valence-electron chi connectivity index (χ4n) is 4.41. The second-order valence-corrected chi connectivity index (χ2v) is 8.14.